The van der Waals surface area contributed by atoms with Crippen molar-refractivity contribution in [1.29, 1.82) is 0 Å². The molecule has 1 aliphatic carbocycles. The molecule has 0 saturated heterocycles. The Morgan fingerprint density at radius 2 is 1.96 bits per heavy atom. The van der Waals surface area contributed by atoms with Crippen molar-refractivity contribution in [3.63, 3.8) is 0 Å². The van der Waals surface area contributed by atoms with E-state index in [0.29, 0.717) is 13.1 Å². The fourth-order valence-electron chi connectivity index (χ4n) is 2.70. The van der Waals surface area contributed by atoms with Crippen LogP contribution in [0.3, 0.4) is 0 Å². The lowest BCUT2D eigenvalue weighted by molar-refractivity contribution is 0.296. The Balaban J connectivity index is 0.00000261. The van der Waals surface area contributed by atoms with Crippen LogP contribution in [0.2, 0.25) is 0 Å². The average Bonchev–Trinajstić information content (AvgIpc) is 3.47. The third kappa shape index (κ3) is 6.68. The van der Waals surface area contributed by atoms with Gasteiger partial charge in [-0.05, 0) is 55.9 Å². The molecule has 0 spiro atoms. The number of aryl methyl sites for hydroxylation is 2. The minimum atomic E-state index is 0. The smallest absolute Gasteiger partial charge is 0.191 e. The molecule has 1 aromatic carbocycles. The lowest BCUT2D eigenvalue weighted by Gasteiger charge is -2.15. The molecule has 0 radical (unpaired) electrons. The van der Waals surface area contributed by atoms with Gasteiger partial charge in [-0.2, -0.15) is 0 Å². The van der Waals surface area contributed by atoms with Crippen molar-refractivity contribution < 1.29 is 4.74 Å². The molecular formula is C21H29IN4O. The van der Waals surface area contributed by atoms with E-state index in [1.165, 1.54) is 24.0 Å². The molecule has 0 aliphatic heterocycles. The van der Waals surface area contributed by atoms with Gasteiger partial charge < -0.3 is 15.4 Å². The maximum Gasteiger partial charge on any atom is 0.191 e. The molecule has 0 atom stereocenters. The molecule has 1 fully saturated rings. The lowest BCUT2D eigenvalue weighted by atomic mass is 10.1. The van der Waals surface area contributed by atoms with Crippen molar-refractivity contribution in [2.75, 3.05) is 13.7 Å². The zero-order valence-electron chi connectivity index (χ0n) is 16.3. The second kappa shape index (κ2) is 10.5. The van der Waals surface area contributed by atoms with E-state index in [4.69, 9.17) is 4.74 Å². The molecule has 3 rings (SSSR count). The molecule has 2 aromatic rings. The van der Waals surface area contributed by atoms with E-state index in [1.807, 2.05) is 12.3 Å². The Hall–Kier alpha value is -1.83. The van der Waals surface area contributed by atoms with Crippen LogP contribution in [0.1, 0.15) is 35.2 Å². The minimum Gasteiger partial charge on any atom is -0.493 e. The van der Waals surface area contributed by atoms with Crippen LogP contribution in [0.15, 0.2) is 41.5 Å². The maximum atomic E-state index is 6.04. The maximum absolute atomic E-state index is 6.04. The van der Waals surface area contributed by atoms with Crippen LogP contribution in [0, 0.1) is 19.8 Å². The molecule has 146 valence electrons. The largest absolute Gasteiger partial charge is 0.493 e. The van der Waals surface area contributed by atoms with Crippen LogP contribution < -0.4 is 15.4 Å². The molecular weight excluding hydrogens is 451 g/mol. The molecule has 1 saturated carbocycles. The van der Waals surface area contributed by atoms with Crippen LogP contribution in [-0.4, -0.2) is 24.6 Å². The predicted molar refractivity (Wildman–Crippen MR) is 121 cm³/mol. The number of nitrogens with one attached hydrogen (secondary N) is 2. The number of hydrogen-bond acceptors (Lipinski definition) is 3. The molecule has 5 nitrogen and oxygen atoms in total. The topological polar surface area (TPSA) is 58.5 Å². The van der Waals surface area contributed by atoms with Gasteiger partial charge >= 0.3 is 0 Å². The van der Waals surface area contributed by atoms with Gasteiger partial charge in [-0.25, -0.2) is 0 Å². The summed E-state index contributed by atoms with van der Waals surface area (Å²) in [6.45, 7) is 6.29. The number of aromatic nitrogens is 1. The van der Waals surface area contributed by atoms with Crippen molar-refractivity contribution in [3.8, 4) is 5.75 Å². The highest BCUT2D eigenvalue weighted by atomic mass is 127. The van der Waals surface area contributed by atoms with Crippen molar-refractivity contribution in [2.24, 2.45) is 10.9 Å². The molecule has 0 bridgehead atoms. The summed E-state index contributed by atoms with van der Waals surface area (Å²) in [5, 5.41) is 6.69. The summed E-state index contributed by atoms with van der Waals surface area (Å²) in [6.07, 6.45) is 4.40. The quantitative estimate of drug-likeness (QED) is 0.358. The second-order valence-electron chi connectivity index (χ2n) is 6.91. The van der Waals surface area contributed by atoms with Crippen LogP contribution in [0.4, 0.5) is 0 Å². The van der Waals surface area contributed by atoms with Gasteiger partial charge in [0.05, 0.1) is 18.8 Å². The molecule has 2 N–H and O–H groups in total. The number of nitrogens with zero attached hydrogens (tertiary/aromatic N) is 2. The SMILES string of the molecule is CN=C(NCc1ccc(C)cc1OCC1CC1)NCc1ncccc1C.I. The third-order valence-electron chi connectivity index (χ3n) is 4.61. The van der Waals surface area contributed by atoms with Crippen LogP contribution in [0.5, 0.6) is 5.75 Å². The molecule has 0 amide bonds. The molecule has 6 heteroatoms. The third-order valence-corrected chi connectivity index (χ3v) is 4.61. The highest BCUT2D eigenvalue weighted by Crippen LogP contribution is 2.30. The van der Waals surface area contributed by atoms with Gasteiger partial charge in [0.25, 0.3) is 0 Å². The standard InChI is InChI=1S/C21H28N4O.HI/c1-15-6-9-18(20(11-15)26-14-17-7-8-17)12-24-21(22-3)25-13-19-16(2)5-4-10-23-19;/h4-6,9-11,17H,7-8,12-14H2,1-3H3,(H2,22,24,25);1H. The number of rotatable bonds is 7. The van der Waals surface area contributed by atoms with Gasteiger partial charge in [0, 0.05) is 25.4 Å². The number of pyridine rings is 1. The second-order valence-corrected chi connectivity index (χ2v) is 6.91. The van der Waals surface area contributed by atoms with E-state index < -0.39 is 0 Å². The number of aliphatic imine (C=N–C) groups is 1. The van der Waals surface area contributed by atoms with Gasteiger partial charge in [0.1, 0.15) is 5.75 Å². The Labute approximate surface area is 179 Å². The Morgan fingerprint density at radius 1 is 1.19 bits per heavy atom. The van der Waals surface area contributed by atoms with Crippen molar-refractivity contribution in [3.05, 3.63) is 58.9 Å². The van der Waals surface area contributed by atoms with Gasteiger partial charge in [0.15, 0.2) is 5.96 Å². The van der Waals surface area contributed by atoms with E-state index in [-0.39, 0.29) is 24.0 Å². The van der Waals surface area contributed by atoms with Crippen LogP contribution in [-0.2, 0) is 13.1 Å². The minimum absolute atomic E-state index is 0. The summed E-state index contributed by atoms with van der Waals surface area (Å²) in [6, 6.07) is 10.4. The lowest BCUT2D eigenvalue weighted by Crippen LogP contribution is -2.36. The molecule has 1 aliphatic rings. The van der Waals surface area contributed by atoms with E-state index in [1.54, 1.807) is 7.05 Å². The summed E-state index contributed by atoms with van der Waals surface area (Å²) < 4.78 is 6.04. The first kappa shape index (κ1) is 21.5. The van der Waals surface area contributed by atoms with E-state index in [2.05, 4.69) is 58.7 Å². The zero-order valence-corrected chi connectivity index (χ0v) is 18.6. The Morgan fingerprint density at radius 3 is 2.67 bits per heavy atom. The first-order valence-electron chi connectivity index (χ1n) is 9.23. The highest BCUT2D eigenvalue weighted by molar-refractivity contribution is 14.0. The number of hydrogen-bond donors (Lipinski definition) is 2. The van der Waals surface area contributed by atoms with Gasteiger partial charge in [0.2, 0.25) is 0 Å². The first-order valence-corrected chi connectivity index (χ1v) is 9.23. The average molecular weight is 480 g/mol. The summed E-state index contributed by atoms with van der Waals surface area (Å²) in [7, 11) is 1.78. The van der Waals surface area contributed by atoms with Crippen molar-refractivity contribution >= 4 is 29.9 Å². The van der Waals surface area contributed by atoms with Gasteiger partial charge in [-0.1, -0.05) is 18.2 Å². The number of halogens is 1. The summed E-state index contributed by atoms with van der Waals surface area (Å²) >= 11 is 0. The summed E-state index contributed by atoms with van der Waals surface area (Å²) in [5.41, 5.74) is 4.56. The fourth-order valence-corrected chi connectivity index (χ4v) is 2.70. The van der Waals surface area contributed by atoms with Crippen LogP contribution in [0.25, 0.3) is 0 Å². The van der Waals surface area contributed by atoms with E-state index >= 15 is 0 Å². The van der Waals surface area contributed by atoms with Gasteiger partial charge in [-0.15, -0.1) is 24.0 Å². The van der Waals surface area contributed by atoms with Crippen molar-refractivity contribution in [1.82, 2.24) is 15.6 Å². The fraction of sp³-hybridized carbons (Fsp3) is 0.429. The first-order chi connectivity index (χ1) is 12.7. The number of ether oxygens (including phenoxy) is 1. The normalized spacial score (nSPS) is 13.7. The Kier molecular flexibility index (Phi) is 8.34. The van der Waals surface area contributed by atoms with Crippen LogP contribution >= 0.6 is 24.0 Å². The molecule has 0 unspecified atom stereocenters. The van der Waals surface area contributed by atoms with E-state index in [9.17, 15) is 0 Å². The molecule has 27 heavy (non-hydrogen) atoms. The number of benzene rings is 1. The van der Waals surface area contributed by atoms with E-state index in [0.717, 1.165) is 35.5 Å². The summed E-state index contributed by atoms with van der Waals surface area (Å²) in [4.78, 5) is 8.71. The zero-order chi connectivity index (χ0) is 18.4. The molecule has 1 heterocycles. The Bertz CT molecular complexity index is 775. The summed E-state index contributed by atoms with van der Waals surface area (Å²) in [5.74, 6) is 2.47. The predicted octanol–water partition coefficient (Wildman–Crippen LogP) is 3.97. The highest BCUT2D eigenvalue weighted by Gasteiger charge is 2.22. The monoisotopic (exact) mass is 480 g/mol. The van der Waals surface area contributed by atoms with Crippen molar-refractivity contribution in [2.45, 2.75) is 39.8 Å². The number of guanidine groups is 1. The molecule has 1 aromatic heterocycles. The van der Waals surface area contributed by atoms with Gasteiger partial charge in [-0.3, -0.25) is 9.98 Å².